The minimum absolute atomic E-state index is 0.0694. The fraction of sp³-hybridized carbons (Fsp3) is 0.300. The summed E-state index contributed by atoms with van der Waals surface area (Å²) in [7, 11) is 3.93. The smallest absolute Gasteiger partial charge is 0.223 e. The summed E-state index contributed by atoms with van der Waals surface area (Å²) in [6, 6.07) is 17.5. The van der Waals surface area contributed by atoms with E-state index in [-0.39, 0.29) is 18.2 Å². The summed E-state index contributed by atoms with van der Waals surface area (Å²) in [5, 5.41) is 2.89. The van der Waals surface area contributed by atoms with Gasteiger partial charge in [0.15, 0.2) is 0 Å². The molecule has 0 radical (unpaired) electrons. The normalized spacial score (nSPS) is 10.2. The molecule has 0 aliphatic carbocycles. The maximum absolute atomic E-state index is 12.1. The Hall–Kier alpha value is -2.82. The topological polar surface area (TPSA) is 52.7 Å². The van der Waals surface area contributed by atoms with Crippen molar-refractivity contribution in [3.63, 3.8) is 0 Å². The van der Waals surface area contributed by atoms with Crippen molar-refractivity contribution in [2.45, 2.75) is 19.9 Å². The van der Waals surface area contributed by atoms with Crippen LogP contribution in [0.4, 0.5) is 11.4 Å². The Morgan fingerprint density at radius 1 is 0.920 bits per heavy atom. The van der Waals surface area contributed by atoms with E-state index in [0.29, 0.717) is 13.1 Å². The number of nitrogens with zero attached hydrogens (tertiary/aromatic N) is 2. The van der Waals surface area contributed by atoms with Crippen LogP contribution in [0.3, 0.4) is 0 Å². The van der Waals surface area contributed by atoms with Crippen molar-refractivity contribution in [2.75, 3.05) is 30.4 Å². The zero-order valence-electron chi connectivity index (χ0n) is 15.0. The zero-order chi connectivity index (χ0) is 18.2. The van der Waals surface area contributed by atoms with Crippen molar-refractivity contribution in [3.05, 3.63) is 60.2 Å². The standard InChI is InChI=1S/C20H25N3O2/c1-16(24)23(19-11-9-18(10-12-19)22(2)3)14-13-20(25)21-15-17-7-5-4-6-8-17/h4-12H,13-15H2,1-3H3,(H,21,25). The minimum atomic E-state index is -0.0755. The maximum atomic E-state index is 12.1. The molecule has 0 aromatic heterocycles. The van der Waals surface area contributed by atoms with E-state index in [4.69, 9.17) is 0 Å². The highest BCUT2D eigenvalue weighted by molar-refractivity contribution is 5.92. The van der Waals surface area contributed by atoms with Crippen LogP contribution < -0.4 is 15.1 Å². The van der Waals surface area contributed by atoms with E-state index in [1.807, 2.05) is 73.6 Å². The van der Waals surface area contributed by atoms with Crippen molar-refractivity contribution in [1.82, 2.24) is 5.32 Å². The van der Waals surface area contributed by atoms with Crippen LogP contribution in [0.25, 0.3) is 0 Å². The lowest BCUT2D eigenvalue weighted by Crippen LogP contribution is -2.33. The van der Waals surface area contributed by atoms with Gasteiger partial charge in [-0.15, -0.1) is 0 Å². The van der Waals surface area contributed by atoms with Crippen molar-refractivity contribution in [2.24, 2.45) is 0 Å². The van der Waals surface area contributed by atoms with Crippen LogP contribution in [0.5, 0.6) is 0 Å². The van der Waals surface area contributed by atoms with Gasteiger partial charge in [0.2, 0.25) is 11.8 Å². The molecule has 5 heteroatoms. The second-order valence-corrected chi connectivity index (χ2v) is 6.09. The molecule has 0 bridgehead atoms. The van der Waals surface area contributed by atoms with Gasteiger partial charge in [-0.25, -0.2) is 0 Å². The number of carbonyl (C=O) groups is 2. The summed E-state index contributed by atoms with van der Waals surface area (Å²) in [6.45, 7) is 2.37. The Kier molecular flexibility index (Phi) is 6.57. The number of rotatable bonds is 7. The van der Waals surface area contributed by atoms with Crippen LogP contribution in [0, 0.1) is 0 Å². The molecule has 132 valence electrons. The maximum Gasteiger partial charge on any atom is 0.223 e. The van der Waals surface area contributed by atoms with E-state index in [9.17, 15) is 9.59 Å². The molecule has 2 aromatic carbocycles. The van der Waals surface area contributed by atoms with Gasteiger partial charge in [0.25, 0.3) is 0 Å². The minimum Gasteiger partial charge on any atom is -0.378 e. The third-order valence-corrected chi connectivity index (χ3v) is 3.95. The first-order valence-electron chi connectivity index (χ1n) is 8.33. The molecule has 2 rings (SSSR count). The van der Waals surface area contributed by atoms with E-state index in [1.54, 1.807) is 4.90 Å². The molecule has 0 aliphatic heterocycles. The Morgan fingerprint density at radius 3 is 2.08 bits per heavy atom. The summed E-state index contributed by atoms with van der Waals surface area (Å²) in [5.74, 6) is -0.145. The molecule has 0 spiro atoms. The van der Waals surface area contributed by atoms with Crippen LogP contribution in [-0.2, 0) is 16.1 Å². The Balaban J connectivity index is 1.90. The van der Waals surface area contributed by atoms with Crippen LogP contribution in [0.15, 0.2) is 54.6 Å². The first-order chi connectivity index (χ1) is 12.0. The third-order valence-electron chi connectivity index (χ3n) is 3.95. The molecule has 0 saturated heterocycles. The van der Waals surface area contributed by atoms with E-state index in [0.717, 1.165) is 16.9 Å². The average molecular weight is 339 g/mol. The van der Waals surface area contributed by atoms with Crippen molar-refractivity contribution < 1.29 is 9.59 Å². The molecular formula is C20H25N3O2. The highest BCUT2D eigenvalue weighted by atomic mass is 16.2. The number of hydrogen-bond donors (Lipinski definition) is 1. The largest absolute Gasteiger partial charge is 0.378 e. The molecule has 0 unspecified atom stereocenters. The lowest BCUT2D eigenvalue weighted by molar-refractivity contribution is -0.121. The SMILES string of the molecule is CC(=O)N(CCC(=O)NCc1ccccc1)c1ccc(N(C)C)cc1. The summed E-state index contributed by atoms with van der Waals surface area (Å²) in [4.78, 5) is 27.6. The Morgan fingerprint density at radius 2 is 1.52 bits per heavy atom. The number of nitrogens with one attached hydrogen (secondary N) is 1. The van der Waals surface area contributed by atoms with Gasteiger partial charge >= 0.3 is 0 Å². The average Bonchev–Trinajstić information content (AvgIpc) is 2.61. The first kappa shape index (κ1) is 18.5. The molecule has 5 nitrogen and oxygen atoms in total. The van der Waals surface area contributed by atoms with Gasteiger partial charge in [-0.1, -0.05) is 30.3 Å². The summed E-state index contributed by atoms with van der Waals surface area (Å²) >= 11 is 0. The zero-order valence-corrected chi connectivity index (χ0v) is 15.0. The number of anilines is 2. The van der Waals surface area contributed by atoms with Crippen LogP contribution in [-0.4, -0.2) is 32.5 Å². The van der Waals surface area contributed by atoms with Gasteiger partial charge in [0.1, 0.15) is 0 Å². The van der Waals surface area contributed by atoms with Crippen molar-refractivity contribution in [1.29, 1.82) is 0 Å². The fourth-order valence-corrected chi connectivity index (χ4v) is 2.50. The highest BCUT2D eigenvalue weighted by Gasteiger charge is 2.13. The predicted molar refractivity (Wildman–Crippen MR) is 102 cm³/mol. The lowest BCUT2D eigenvalue weighted by Gasteiger charge is -2.22. The molecule has 0 atom stereocenters. The van der Waals surface area contributed by atoms with Gasteiger partial charge in [-0.2, -0.15) is 0 Å². The Labute approximate surface area is 149 Å². The molecule has 25 heavy (non-hydrogen) atoms. The molecule has 0 fully saturated rings. The van der Waals surface area contributed by atoms with E-state index in [2.05, 4.69) is 5.32 Å². The predicted octanol–water partition coefficient (Wildman–Crippen LogP) is 2.81. The number of hydrogen-bond acceptors (Lipinski definition) is 3. The van der Waals surface area contributed by atoms with E-state index < -0.39 is 0 Å². The molecule has 0 aliphatic rings. The Bertz CT molecular complexity index is 697. The monoisotopic (exact) mass is 339 g/mol. The first-order valence-corrected chi connectivity index (χ1v) is 8.33. The summed E-state index contributed by atoms with van der Waals surface area (Å²) < 4.78 is 0. The van der Waals surface area contributed by atoms with Gasteiger partial charge in [0, 0.05) is 51.9 Å². The van der Waals surface area contributed by atoms with Crippen LogP contribution >= 0.6 is 0 Å². The molecule has 0 saturated carbocycles. The number of benzene rings is 2. The summed E-state index contributed by atoms with van der Waals surface area (Å²) in [6.07, 6.45) is 0.266. The highest BCUT2D eigenvalue weighted by Crippen LogP contribution is 2.20. The van der Waals surface area contributed by atoms with E-state index >= 15 is 0 Å². The van der Waals surface area contributed by atoms with Crippen molar-refractivity contribution >= 4 is 23.2 Å². The molecule has 0 heterocycles. The number of amides is 2. The molecule has 2 amide bonds. The van der Waals surface area contributed by atoms with Crippen LogP contribution in [0.1, 0.15) is 18.9 Å². The quantitative estimate of drug-likeness (QED) is 0.844. The third kappa shape index (κ3) is 5.64. The fourth-order valence-electron chi connectivity index (χ4n) is 2.50. The molecular weight excluding hydrogens is 314 g/mol. The lowest BCUT2D eigenvalue weighted by atomic mass is 10.2. The van der Waals surface area contributed by atoms with E-state index in [1.165, 1.54) is 6.92 Å². The second-order valence-electron chi connectivity index (χ2n) is 6.09. The van der Waals surface area contributed by atoms with Gasteiger partial charge < -0.3 is 15.1 Å². The van der Waals surface area contributed by atoms with Crippen molar-refractivity contribution in [3.8, 4) is 0 Å². The molecule has 2 aromatic rings. The molecule has 1 N–H and O–H groups in total. The van der Waals surface area contributed by atoms with Crippen LogP contribution in [0.2, 0.25) is 0 Å². The summed E-state index contributed by atoms with van der Waals surface area (Å²) in [5.41, 5.74) is 2.92. The van der Waals surface area contributed by atoms with Gasteiger partial charge in [-0.3, -0.25) is 9.59 Å². The van der Waals surface area contributed by atoms with Gasteiger partial charge in [0.05, 0.1) is 0 Å². The second kappa shape index (κ2) is 8.87. The number of carbonyl (C=O) groups excluding carboxylic acids is 2. The van der Waals surface area contributed by atoms with Gasteiger partial charge in [-0.05, 0) is 29.8 Å².